The van der Waals surface area contributed by atoms with Gasteiger partial charge in [-0.2, -0.15) is 24.4 Å². The monoisotopic (exact) mass is 394 g/mol. The standard InChI is InChI=1S/C15H14N12O2/c1-7-10(11(16)27(24-7)12-19-14(28)21-15(29)20-12)22-23-13-18-8(2)25-26(13)9-5-3-4-6-17-9/h3-6H,16H2,1-2H3,(H2,19,20,21,28,29). The Morgan fingerprint density at radius 1 is 1.03 bits per heavy atom. The molecular weight excluding hydrogens is 380 g/mol. The fourth-order valence-corrected chi connectivity index (χ4v) is 2.50. The highest BCUT2D eigenvalue weighted by atomic mass is 16.2. The first-order chi connectivity index (χ1) is 13.9. The second-order valence-electron chi connectivity index (χ2n) is 5.81. The van der Waals surface area contributed by atoms with Crippen LogP contribution in [0.1, 0.15) is 11.5 Å². The van der Waals surface area contributed by atoms with Crippen LogP contribution in [0.4, 0.5) is 17.5 Å². The molecule has 4 N–H and O–H groups in total. The minimum Gasteiger partial charge on any atom is -0.382 e. The van der Waals surface area contributed by atoms with Crippen LogP contribution in [0.15, 0.2) is 44.2 Å². The lowest BCUT2D eigenvalue weighted by molar-refractivity contribution is 0.767. The summed E-state index contributed by atoms with van der Waals surface area (Å²) in [7, 11) is 0. The molecule has 0 fully saturated rings. The first-order valence-electron chi connectivity index (χ1n) is 8.25. The van der Waals surface area contributed by atoms with Crippen LogP contribution in [0, 0.1) is 13.8 Å². The number of anilines is 1. The minimum absolute atomic E-state index is 0.0284. The van der Waals surface area contributed by atoms with Crippen LogP contribution in [0.25, 0.3) is 11.8 Å². The fourth-order valence-electron chi connectivity index (χ4n) is 2.50. The Labute approximate surface area is 161 Å². The van der Waals surface area contributed by atoms with Gasteiger partial charge in [0.05, 0.1) is 5.69 Å². The van der Waals surface area contributed by atoms with E-state index >= 15 is 0 Å². The van der Waals surface area contributed by atoms with Gasteiger partial charge in [-0.3, -0.25) is 9.97 Å². The number of pyridine rings is 1. The molecule has 4 heterocycles. The molecule has 0 radical (unpaired) electrons. The maximum atomic E-state index is 11.5. The Bertz CT molecular complexity index is 1300. The maximum absolute atomic E-state index is 11.5. The van der Waals surface area contributed by atoms with Gasteiger partial charge in [0.25, 0.3) is 5.95 Å². The van der Waals surface area contributed by atoms with E-state index in [-0.39, 0.29) is 23.4 Å². The molecule has 14 nitrogen and oxygen atoms in total. The molecule has 0 saturated heterocycles. The van der Waals surface area contributed by atoms with E-state index in [9.17, 15) is 9.59 Å². The predicted octanol–water partition coefficient (Wildman–Crippen LogP) is 0.234. The molecule has 4 rings (SSSR count). The zero-order chi connectivity index (χ0) is 20.5. The SMILES string of the molecule is Cc1nc(N=Nc2c(C)nn(-c3nc(=O)[nH]c(=O)[nH]3)c2N)n(-c2ccccn2)n1. The number of azo groups is 1. The Morgan fingerprint density at radius 2 is 1.86 bits per heavy atom. The van der Waals surface area contributed by atoms with E-state index in [0.29, 0.717) is 17.3 Å². The molecule has 4 aromatic heterocycles. The summed E-state index contributed by atoms with van der Waals surface area (Å²) in [5.74, 6) is 1.08. The second-order valence-corrected chi connectivity index (χ2v) is 5.81. The van der Waals surface area contributed by atoms with Gasteiger partial charge in [0, 0.05) is 6.20 Å². The molecule has 0 aliphatic carbocycles. The number of aryl methyl sites for hydroxylation is 2. The maximum Gasteiger partial charge on any atom is 0.352 e. The van der Waals surface area contributed by atoms with Crippen molar-refractivity contribution >= 4 is 17.5 Å². The quantitative estimate of drug-likeness (QED) is 0.410. The average Bonchev–Trinajstić information content (AvgIpc) is 3.19. The van der Waals surface area contributed by atoms with Crippen molar-refractivity contribution in [3.05, 3.63) is 56.9 Å². The molecule has 146 valence electrons. The summed E-state index contributed by atoms with van der Waals surface area (Å²) in [4.78, 5) is 39.3. The Hall–Kier alpha value is -4.49. The highest BCUT2D eigenvalue weighted by molar-refractivity contribution is 5.62. The largest absolute Gasteiger partial charge is 0.382 e. The molecule has 0 spiro atoms. The lowest BCUT2D eigenvalue weighted by Gasteiger charge is -2.01. The Morgan fingerprint density at radius 3 is 2.59 bits per heavy atom. The van der Waals surface area contributed by atoms with Crippen molar-refractivity contribution in [2.45, 2.75) is 13.8 Å². The van der Waals surface area contributed by atoms with Gasteiger partial charge in [-0.05, 0) is 26.0 Å². The van der Waals surface area contributed by atoms with E-state index < -0.39 is 11.4 Å². The van der Waals surface area contributed by atoms with Gasteiger partial charge in [-0.1, -0.05) is 6.07 Å². The van der Waals surface area contributed by atoms with Crippen LogP contribution in [0.3, 0.4) is 0 Å². The molecular formula is C15H14N12O2. The van der Waals surface area contributed by atoms with Crippen LogP contribution in [0.2, 0.25) is 0 Å². The average molecular weight is 394 g/mol. The highest BCUT2D eigenvalue weighted by Gasteiger charge is 2.17. The number of nitrogens with one attached hydrogen (secondary N) is 2. The number of nitrogens with two attached hydrogens (primary N) is 1. The van der Waals surface area contributed by atoms with Gasteiger partial charge < -0.3 is 5.73 Å². The Kier molecular flexibility index (Phi) is 4.27. The van der Waals surface area contributed by atoms with E-state index in [4.69, 9.17) is 5.73 Å². The van der Waals surface area contributed by atoms with Crippen molar-refractivity contribution in [3.63, 3.8) is 0 Å². The number of nitrogens with zero attached hydrogens (tertiary/aromatic N) is 9. The van der Waals surface area contributed by atoms with E-state index in [0.717, 1.165) is 4.68 Å². The van der Waals surface area contributed by atoms with Crippen molar-refractivity contribution < 1.29 is 0 Å². The van der Waals surface area contributed by atoms with Gasteiger partial charge in [0.15, 0.2) is 17.3 Å². The third kappa shape index (κ3) is 3.41. The topological polar surface area (TPSA) is 191 Å². The van der Waals surface area contributed by atoms with Crippen LogP contribution < -0.4 is 17.1 Å². The van der Waals surface area contributed by atoms with Gasteiger partial charge in [-0.15, -0.1) is 15.3 Å². The third-order valence-electron chi connectivity index (χ3n) is 3.72. The molecule has 0 aliphatic heterocycles. The summed E-state index contributed by atoms with van der Waals surface area (Å²) < 4.78 is 2.53. The molecule has 0 aliphatic rings. The number of hydrogen-bond donors (Lipinski definition) is 3. The van der Waals surface area contributed by atoms with E-state index in [2.05, 4.69) is 40.4 Å². The van der Waals surface area contributed by atoms with Crippen molar-refractivity contribution in [1.29, 1.82) is 0 Å². The summed E-state index contributed by atoms with van der Waals surface area (Å²) in [6.45, 7) is 3.35. The first-order valence-corrected chi connectivity index (χ1v) is 8.25. The molecule has 29 heavy (non-hydrogen) atoms. The summed E-state index contributed by atoms with van der Waals surface area (Å²) in [6.07, 6.45) is 1.62. The van der Waals surface area contributed by atoms with Crippen LogP contribution >= 0.6 is 0 Å². The van der Waals surface area contributed by atoms with Gasteiger partial charge >= 0.3 is 11.4 Å². The lowest BCUT2D eigenvalue weighted by Crippen LogP contribution is -2.28. The molecule has 0 aromatic carbocycles. The van der Waals surface area contributed by atoms with E-state index in [1.165, 1.54) is 4.68 Å². The van der Waals surface area contributed by atoms with E-state index in [1.807, 2.05) is 11.1 Å². The van der Waals surface area contributed by atoms with Crippen LogP contribution in [-0.4, -0.2) is 44.5 Å². The fraction of sp³-hybridized carbons (Fsp3) is 0.133. The molecule has 0 amide bonds. The molecule has 4 aromatic rings. The molecule has 0 unspecified atom stereocenters. The number of hydrogen-bond acceptors (Lipinski definition) is 10. The number of aromatic amines is 2. The van der Waals surface area contributed by atoms with Crippen molar-refractivity contribution in [1.82, 2.24) is 44.5 Å². The smallest absolute Gasteiger partial charge is 0.352 e. The summed E-state index contributed by atoms with van der Waals surface area (Å²) >= 11 is 0. The molecule has 0 atom stereocenters. The van der Waals surface area contributed by atoms with Gasteiger partial charge in [0.1, 0.15) is 5.82 Å². The highest BCUT2D eigenvalue weighted by Crippen LogP contribution is 2.29. The number of H-pyrrole nitrogens is 2. The normalized spacial score (nSPS) is 11.4. The van der Waals surface area contributed by atoms with Crippen molar-refractivity contribution in [2.75, 3.05) is 5.73 Å². The zero-order valence-electron chi connectivity index (χ0n) is 15.2. The van der Waals surface area contributed by atoms with Gasteiger partial charge in [-0.25, -0.2) is 14.6 Å². The van der Waals surface area contributed by atoms with Crippen molar-refractivity contribution in [2.24, 2.45) is 10.2 Å². The van der Waals surface area contributed by atoms with Crippen molar-refractivity contribution in [3.8, 4) is 11.8 Å². The zero-order valence-corrected chi connectivity index (χ0v) is 15.2. The molecule has 0 bridgehead atoms. The van der Waals surface area contributed by atoms with E-state index in [1.54, 1.807) is 32.2 Å². The summed E-state index contributed by atoms with van der Waals surface area (Å²) in [5.41, 5.74) is 5.12. The second kappa shape index (κ2) is 6.91. The summed E-state index contributed by atoms with van der Waals surface area (Å²) in [6, 6.07) is 5.33. The van der Waals surface area contributed by atoms with Crippen LogP contribution in [0.5, 0.6) is 0 Å². The molecule has 0 saturated carbocycles. The lowest BCUT2D eigenvalue weighted by atomic mass is 10.4. The Balaban J connectivity index is 1.75. The van der Waals surface area contributed by atoms with Gasteiger partial charge in [0.2, 0.25) is 5.95 Å². The van der Waals surface area contributed by atoms with Crippen LogP contribution in [-0.2, 0) is 0 Å². The first kappa shape index (κ1) is 17.9. The number of nitrogen functional groups attached to an aromatic ring is 1. The molecule has 14 heteroatoms. The number of aromatic nitrogens is 9. The number of rotatable bonds is 4. The summed E-state index contributed by atoms with van der Waals surface area (Å²) in [5, 5.41) is 16.7. The predicted molar refractivity (Wildman–Crippen MR) is 99.8 cm³/mol. The minimum atomic E-state index is -0.835. The third-order valence-corrected chi connectivity index (χ3v) is 3.72.